The lowest BCUT2D eigenvalue weighted by atomic mass is 9.94. The van der Waals surface area contributed by atoms with Crippen LogP contribution < -0.4 is 6.15 Å². The van der Waals surface area contributed by atoms with Crippen LogP contribution in [0.15, 0.2) is 0 Å². The van der Waals surface area contributed by atoms with E-state index in [1.165, 1.54) is 83.5 Å². The van der Waals surface area contributed by atoms with Gasteiger partial charge >= 0.3 is 0 Å². The Labute approximate surface area is 140 Å². The second kappa shape index (κ2) is 16.6. The number of unbranched alkanes of at least 4 members (excludes halogenated alkanes) is 11. The van der Waals surface area contributed by atoms with Crippen molar-refractivity contribution in [2.45, 2.75) is 122 Å². The Morgan fingerprint density at radius 3 is 1.24 bits per heavy atom. The van der Waals surface area contributed by atoms with Gasteiger partial charge in [0.05, 0.1) is 0 Å². The zero-order chi connectivity index (χ0) is 15.1. The van der Waals surface area contributed by atoms with Gasteiger partial charge in [-0.2, -0.15) is 0 Å². The standard InChI is InChI=1S/C19H39Cl.H3N/c1-4-7-8-9-10-11-12-13-14-15-16-17-18-19(20,5-2)6-3;/h4-18H2,1-3H3;1H3. The Hall–Kier alpha value is 0.250. The molecule has 0 saturated heterocycles. The maximum atomic E-state index is 6.54. The molecule has 0 unspecified atom stereocenters. The van der Waals surface area contributed by atoms with Gasteiger partial charge in [0.15, 0.2) is 0 Å². The lowest BCUT2D eigenvalue weighted by Gasteiger charge is -2.23. The second-order valence-corrected chi connectivity index (χ2v) is 7.30. The maximum Gasteiger partial charge on any atom is 0.0441 e. The van der Waals surface area contributed by atoms with Crippen LogP contribution in [0.5, 0.6) is 0 Å². The van der Waals surface area contributed by atoms with Crippen LogP contribution in [-0.2, 0) is 0 Å². The summed E-state index contributed by atoms with van der Waals surface area (Å²) in [6.45, 7) is 6.73. The summed E-state index contributed by atoms with van der Waals surface area (Å²) in [5.74, 6) is 0. The van der Waals surface area contributed by atoms with E-state index in [-0.39, 0.29) is 11.0 Å². The predicted octanol–water partition coefficient (Wildman–Crippen LogP) is 8.04. The zero-order valence-electron chi connectivity index (χ0n) is 15.2. The predicted molar refractivity (Wildman–Crippen MR) is 99.9 cm³/mol. The highest BCUT2D eigenvalue weighted by atomic mass is 35.5. The van der Waals surface area contributed by atoms with Gasteiger partial charge in [-0.05, 0) is 19.3 Å². The molecule has 0 heterocycles. The third-order valence-corrected chi connectivity index (χ3v) is 5.47. The smallest absolute Gasteiger partial charge is 0.0441 e. The Bertz CT molecular complexity index is 190. The summed E-state index contributed by atoms with van der Waals surface area (Å²) in [6.07, 6.45) is 20.5. The van der Waals surface area contributed by atoms with Crippen LogP contribution in [-0.4, -0.2) is 4.87 Å². The van der Waals surface area contributed by atoms with E-state index in [2.05, 4.69) is 20.8 Å². The summed E-state index contributed by atoms with van der Waals surface area (Å²) in [5.41, 5.74) is 0. The van der Waals surface area contributed by atoms with E-state index in [1.54, 1.807) is 0 Å². The highest BCUT2D eigenvalue weighted by molar-refractivity contribution is 6.23. The van der Waals surface area contributed by atoms with Crippen molar-refractivity contribution in [1.29, 1.82) is 0 Å². The number of alkyl halides is 1. The number of rotatable bonds is 15. The van der Waals surface area contributed by atoms with Crippen molar-refractivity contribution >= 4 is 11.6 Å². The third-order valence-electron chi connectivity index (χ3n) is 4.75. The van der Waals surface area contributed by atoms with E-state index in [1.807, 2.05) is 0 Å². The van der Waals surface area contributed by atoms with Gasteiger partial charge in [0.25, 0.3) is 0 Å². The van der Waals surface area contributed by atoms with Crippen LogP contribution in [0.4, 0.5) is 0 Å². The van der Waals surface area contributed by atoms with Gasteiger partial charge in [0.2, 0.25) is 0 Å². The van der Waals surface area contributed by atoms with Crippen LogP contribution in [0.3, 0.4) is 0 Å². The maximum absolute atomic E-state index is 6.54. The van der Waals surface area contributed by atoms with Crippen molar-refractivity contribution < 1.29 is 0 Å². The lowest BCUT2D eigenvalue weighted by Crippen LogP contribution is -2.18. The molecule has 0 rings (SSSR count). The number of halogens is 1. The molecular formula is C19H42ClN. The molecule has 0 aliphatic rings. The SMILES string of the molecule is CCCCCCCCCCCCCCC(Cl)(CC)CC.N. The van der Waals surface area contributed by atoms with Gasteiger partial charge in [0.1, 0.15) is 0 Å². The first-order valence-corrected chi connectivity index (χ1v) is 9.75. The first kappa shape index (κ1) is 23.5. The van der Waals surface area contributed by atoms with E-state index >= 15 is 0 Å². The zero-order valence-corrected chi connectivity index (χ0v) is 15.9. The monoisotopic (exact) mass is 319 g/mol. The molecule has 0 spiro atoms. The molecule has 0 fully saturated rings. The molecule has 0 aromatic heterocycles. The molecule has 0 atom stereocenters. The number of hydrogen-bond acceptors (Lipinski definition) is 1. The lowest BCUT2D eigenvalue weighted by molar-refractivity contribution is 0.458. The molecule has 0 aliphatic heterocycles. The molecule has 3 N–H and O–H groups in total. The van der Waals surface area contributed by atoms with Crippen molar-refractivity contribution in [3.63, 3.8) is 0 Å². The molecule has 1 nitrogen and oxygen atoms in total. The molecule has 2 heteroatoms. The molecule has 0 aromatic rings. The van der Waals surface area contributed by atoms with E-state index in [0.29, 0.717) is 0 Å². The van der Waals surface area contributed by atoms with Crippen LogP contribution >= 0.6 is 11.6 Å². The normalized spacial score (nSPS) is 11.4. The minimum absolute atomic E-state index is 0. The first-order chi connectivity index (χ1) is 9.68. The largest absolute Gasteiger partial charge is 0.344 e. The van der Waals surface area contributed by atoms with Gasteiger partial charge in [-0.25, -0.2) is 0 Å². The Balaban J connectivity index is 0. The summed E-state index contributed by atoms with van der Waals surface area (Å²) in [5, 5.41) is 0. The van der Waals surface area contributed by atoms with Gasteiger partial charge in [-0.1, -0.05) is 97.8 Å². The Morgan fingerprint density at radius 1 is 0.571 bits per heavy atom. The summed E-state index contributed by atoms with van der Waals surface area (Å²) >= 11 is 6.54. The van der Waals surface area contributed by atoms with Crippen molar-refractivity contribution in [1.82, 2.24) is 6.15 Å². The van der Waals surface area contributed by atoms with Gasteiger partial charge < -0.3 is 6.15 Å². The fraction of sp³-hybridized carbons (Fsp3) is 1.00. The fourth-order valence-corrected chi connectivity index (χ4v) is 3.02. The topological polar surface area (TPSA) is 35.0 Å². The van der Waals surface area contributed by atoms with Crippen LogP contribution in [0.2, 0.25) is 0 Å². The highest BCUT2D eigenvalue weighted by Crippen LogP contribution is 2.30. The van der Waals surface area contributed by atoms with E-state index in [9.17, 15) is 0 Å². The van der Waals surface area contributed by atoms with E-state index in [0.717, 1.165) is 12.8 Å². The van der Waals surface area contributed by atoms with Crippen LogP contribution in [0.25, 0.3) is 0 Å². The third kappa shape index (κ3) is 14.9. The van der Waals surface area contributed by atoms with Crippen molar-refractivity contribution in [2.75, 3.05) is 0 Å². The molecule has 0 radical (unpaired) electrons. The molecule has 0 saturated carbocycles. The van der Waals surface area contributed by atoms with Gasteiger partial charge in [0, 0.05) is 4.87 Å². The summed E-state index contributed by atoms with van der Waals surface area (Å²) in [6, 6.07) is 0. The molecule has 0 aromatic carbocycles. The second-order valence-electron chi connectivity index (χ2n) is 6.50. The van der Waals surface area contributed by atoms with Crippen LogP contribution in [0, 0.1) is 0 Å². The first-order valence-electron chi connectivity index (χ1n) is 9.37. The average molecular weight is 320 g/mol. The molecular weight excluding hydrogens is 278 g/mol. The average Bonchev–Trinajstić information content (AvgIpc) is 2.48. The number of hydrogen-bond donors (Lipinski definition) is 1. The molecule has 0 aliphatic carbocycles. The molecule has 0 amide bonds. The van der Waals surface area contributed by atoms with Crippen molar-refractivity contribution in [3.8, 4) is 0 Å². The Kier molecular flexibility index (Phi) is 18.6. The van der Waals surface area contributed by atoms with Crippen LogP contribution in [0.1, 0.15) is 117 Å². The fourth-order valence-electron chi connectivity index (χ4n) is 2.89. The van der Waals surface area contributed by atoms with Gasteiger partial charge in [-0.15, -0.1) is 11.6 Å². The molecule has 0 bridgehead atoms. The summed E-state index contributed by atoms with van der Waals surface area (Å²) in [4.78, 5) is 0.0957. The quantitative estimate of drug-likeness (QED) is 0.240. The van der Waals surface area contributed by atoms with Crippen molar-refractivity contribution in [2.24, 2.45) is 0 Å². The molecule has 21 heavy (non-hydrogen) atoms. The highest BCUT2D eigenvalue weighted by Gasteiger charge is 2.21. The van der Waals surface area contributed by atoms with E-state index < -0.39 is 0 Å². The Morgan fingerprint density at radius 2 is 0.905 bits per heavy atom. The van der Waals surface area contributed by atoms with E-state index in [4.69, 9.17) is 11.6 Å². The van der Waals surface area contributed by atoms with Crippen molar-refractivity contribution in [3.05, 3.63) is 0 Å². The minimum Gasteiger partial charge on any atom is -0.344 e. The van der Waals surface area contributed by atoms with Gasteiger partial charge in [-0.3, -0.25) is 0 Å². The molecule has 130 valence electrons. The summed E-state index contributed by atoms with van der Waals surface area (Å²) < 4.78 is 0. The minimum atomic E-state index is 0. The summed E-state index contributed by atoms with van der Waals surface area (Å²) in [7, 11) is 0.